The molecule has 0 radical (unpaired) electrons. The highest BCUT2D eigenvalue weighted by Gasteiger charge is 2.09. The standard InChI is InChI=1S/C10H9BrClN3/c1-5-7(2-6(11)3-8(5)12)9-4-10(13)15-14-9/h2-4H,1H3,(H3,13,14,15). The van der Waals surface area contributed by atoms with Crippen molar-refractivity contribution in [2.75, 3.05) is 5.73 Å². The van der Waals surface area contributed by atoms with E-state index in [1.54, 1.807) is 6.07 Å². The summed E-state index contributed by atoms with van der Waals surface area (Å²) in [6.07, 6.45) is 0. The number of H-pyrrole nitrogens is 1. The molecule has 0 fully saturated rings. The van der Waals surface area contributed by atoms with Gasteiger partial charge in [-0.15, -0.1) is 0 Å². The smallest absolute Gasteiger partial charge is 0.145 e. The summed E-state index contributed by atoms with van der Waals surface area (Å²) in [7, 11) is 0. The summed E-state index contributed by atoms with van der Waals surface area (Å²) < 4.78 is 0.932. The highest BCUT2D eigenvalue weighted by atomic mass is 79.9. The minimum Gasteiger partial charge on any atom is -0.382 e. The molecule has 1 aromatic heterocycles. The number of rotatable bonds is 1. The second-order valence-electron chi connectivity index (χ2n) is 3.27. The quantitative estimate of drug-likeness (QED) is 0.844. The molecule has 0 amide bonds. The number of nitrogens with one attached hydrogen (secondary N) is 1. The lowest BCUT2D eigenvalue weighted by Gasteiger charge is -2.06. The number of hydrogen-bond donors (Lipinski definition) is 2. The Morgan fingerprint density at radius 1 is 1.40 bits per heavy atom. The molecule has 0 aliphatic carbocycles. The van der Waals surface area contributed by atoms with Gasteiger partial charge in [0.05, 0.1) is 5.69 Å². The highest BCUT2D eigenvalue weighted by Crippen LogP contribution is 2.31. The van der Waals surface area contributed by atoms with E-state index in [-0.39, 0.29) is 0 Å². The summed E-state index contributed by atoms with van der Waals surface area (Å²) in [5, 5.41) is 7.47. The lowest BCUT2D eigenvalue weighted by molar-refractivity contribution is 1.10. The van der Waals surface area contributed by atoms with Crippen LogP contribution in [0.15, 0.2) is 22.7 Å². The monoisotopic (exact) mass is 285 g/mol. The predicted molar refractivity (Wildman–Crippen MR) is 65.9 cm³/mol. The Morgan fingerprint density at radius 2 is 2.13 bits per heavy atom. The summed E-state index contributed by atoms with van der Waals surface area (Å²) in [5.41, 5.74) is 8.43. The molecule has 0 bridgehead atoms. The Balaban J connectivity index is 2.62. The lowest BCUT2D eigenvalue weighted by atomic mass is 10.1. The van der Waals surface area contributed by atoms with Crippen molar-refractivity contribution in [1.82, 2.24) is 10.2 Å². The van der Waals surface area contributed by atoms with E-state index in [4.69, 9.17) is 17.3 Å². The van der Waals surface area contributed by atoms with Gasteiger partial charge in [0, 0.05) is 21.1 Å². The second-order valence-corrected chi connectivity index (χ2v) is 4.59. The molecule has 1 heterocycles. The van der Waals surface area contributed by atoms with Gasteiger partial charge in [0.15, 0.2) is 0 Å². The summed E-state index contributed by atoms with van der Waals surface area (Å²) in [5.74, 6) is 0.473. The largest absolute Gasteiger partial charge is 0.382 e. The molecule has 0 spiro atoms. The molecule has 0 unspecified atom stereocenters. The number of hydrogen-bond acceptors (Lipinski definition) is 2. The molecule has 1 aromatic carbocycles. The summed E-state index contributed by atoms with van der Waals surface area (Å²) >= 11 is 9.48. The van der Waals surface area contributed by atoms with E-state index < -0.39 is 0 Å². The van der Waals surface area contributed by atoms with Gasteiger partial charge >= 0.3 is 0 Å². The Morgan fingerprint density at radius 3 is 2.73 bits per heavy atom. The first-order valence-electron chi connectivity index (χ1n) is 4.35. The zero-order valence-corrected chi connectivity index (χ0v) is 10.4. The van der Waals surface area contributed by atoms with E-state index in [2.05, 4.69) is 26.1 Å². The van der Waals surface area contributed by atoms with E-state index in [1.165, 1.54) is 0 Å². The maximum atomic E-state index is 6.08. The van der Waals surface area contributed by atoms with Crippen LogP contribution in [0.2, 0.25) is 5.02 Å². The van der Waals surface area contributed by atoms with Gasteiger partial charge in [0.1, 0.15) is 5.82 Å². The van der Waals surface area contributed by atoms with Crippen LogP contribution < -0.4 is 5.73 Å². The fourth-order valence-electron chi connectivity index (χ4n) is 1.40. The maximum absolute atomic E-state index is 6.08. The molecule has 0 saturated heterocycles. The van der Waals surface area contributed by atoms with Crippen LogP contribution in [0.1, 0.15) is 5.56 Å². The zero-order chi connectivity index (χ0) is 11.0. The van der Waals surface area contributed by atoms with Gasteiger partial charge in [-0.05, 0) is 24.6 Å². The molecule has 0 aliphatic rings. The number of benzene rings is 1. The van der Waals surface area contributed by atoms with E-state index in [0.717, 1.165) is 21.3 Å². The summed E-state index contributed by atoms with van der Waals surface area (Å²) in [6, 6.07) is 5.62. The van der Waals surface area contributed by atoms with E-state index in [1.807, 2.05) is 19.1 Å². The Bertz CT molecular complexity index is 507. The number of nitrogens with zero attached hydrogens (tertiary/aromatic N) is 1. The number of aromatic nitrogens is 2. The van der Waals surface area contributed by atoms with Crippen molar-refractivity contribution in [3.63, 3.8) is 0 Å². The van der Waals surface area contributed by atoms with Crippen molar-refractivity contribution >= 4 is 33.3 Å². The first-order chi connectivity index (χ1) is 7.08. The number of nitrogen functional groups attached to an aromatic ring is 1. The van der Waals surface area contributed by atoms with Crippen molar-refractivity contribution in [3.05, 3.63) is 33.3 Å². The fraction of sp³-hybridized carbons (Fsp3) is 0.100. The maximum Gasteiger partial charge on any atom is 0.145 e. The molecule has 78 valence electrons. The number of aromatic amines is 1. The molecule has 2 rings (SSSR count). The first kappa shape index (κ1) is 10.5. The van der Waals surface area contributed by atoms with Crippen LogP contribution in [0.25, 0.3) is 11.3 Å². The second kappa shape index (κ2) is 3.87. The SMILES string of the molecule is Cc1c(Cl)cc(Br)cc1-c1cc(N)n[nH]1. The molecule has 2 aromatic rings. The predicted octanol–water partition coefficient (Wildman–Crippen LogP) is 3.38. The normalized spacial score (nSPS) is 10.6. The molecule has 0 saturated carbocycles. The number of anilines is 1. The van der Waals surface area contributed by atoms with Gasteiger partial charge in [-0.25, -0.2) is 0 Å². The van der Waals surface area contributed by atoms with Gasteiger partial charge < -0.3 is 5.73 Å². The topological polar surface area (TPSA) is 54.7 Å². The third kappa shape index (κ3) is 2.01. The fourth-order valence-corrected chi connectivity index (χ4v) is 2.21. The van der Waals surface area contributed by atoms with Crippen LogP contribution in [0.4, 0.5) is 5.82 Å². The van der Waals surface area contributed by atoms with Crippen LogP contribution in [-0.4, -0.2) is 10.2 Å². The molecule has 0 aliphatic heterocycles. The van der Waals surface area contributed by atoms with Crippen molar-refractivity contribution < 1.29 is 0 Å². The zero-order valence-electron chi connectivity index (χ0n) is 8.01. The van der Waals surface area contributed by atoms with Crippen molar-refractivity contribution in [2.24, 2.45) is 0 Å². The van der Waals surface area contributed by atoms with Crippen LogP contribution in [0.5, 0.6) is 0 Å². The van der Waals surface area contributed by atoms with Gasteiger partial charge in [0.25, 0.3) is 0 Å². The third-order valence-electron chi connectivity index (χ3n) is 2.20. The lowest BCUT2D eigenvalue weighted by Crippen LogP contribution is -1.85. The molecule has 5 heteroatoms. The van der Waals surface area contributed by atoms with Crippen molar-refractivity contribution in [2.45, 2.75) is 6.92 Å². The van der Waals surface area contributed by atoms with Crippen LogP contribution in [0.3, 0.4) is 0 Å². The summed E-state index contributed by atoms with van der Waals surface area (Å²) in [6.45, 7) is 1.96. The van der Waals surface area contributed by atoms with Crippen LogP contribution >= 0.6 is 27.5 Å². The van der Waals surface area contributed by atoms with Crippen molar-refractivity contribution in [1.29, 1.82) is 0 Å². The Labute approximate surface area is 101 Å². The number of nitrogens with two attached hydrogens (primary N) is 1. The molecule has 3 nitrogen and oxygen atoms in total. The van der Waals surface area contributed by atoms with Crippen LogP contribution in [0, 0.1) is 6.92 Å². The van der Waals surface area contributed by atoms with Gasteiger partial charge in [0.2, 0.25) is 0 Å². The average Bonchev–Trinajstić information content (AvgIpc) is 2.58. The third-order valence-corrected chi connectivity index (χ3v) is 3.05. The molecule has 3 N–H and O–H groups in total. The Hall–Kier alpha value is -1.00. The van der Waals surface area contributed by atoms with E-state index in [0.29, 0.717) is 10.8 Å². The summed E-state index contributed by atoms with van der Waals surface area (Å²) in [4.78, 5) is 0. The minimum atomic E-state index is 0.473. The minimum absolute atomic E-state index is 0.473. The van der Waals surface area contributed by atoms with E-state index >= 15 is 0 Å². The Kier molecular flexibility index (Phi) is 2.71. The van der Waals surface area contributed by atoms with Crippen LogP contribution in [-0.2, 0) is 0 Å². The van der Waals surface area contributed by atoms with Gasteiger partial charge in [-0.1, -0.05) is 27.5 Å². The van der Waals surface area contributed by atoms with Gasteiger partial charge in [-0.2, -0.15) is 5.10 Å². The van der Waals surface area contributed by atoms with Gasteiger partial charge in [-0.3, -0.25) is 5.10 Å². The highest BCUT2D eigenvalue weighted by molar-refractivity contribution is 9.10. The average molecular weight is 287 g/mol. The molecule has 0 atom stereocenters. The number of halogens is 2. The molecular weight excluding hydrogens is 277 g/mol. The molecule has 15 heavy (non-hydrogen) atoms. The van der Waals surface area contributed by atoms with E-state index in [9.17, 15) is 0 Å². The van der Waals surface area contributed by atoms with Crippen molar-refractivity contribution in [3.8, 4) is 11.3 Å². The molecular formula is C10H9BrClN3. The first-order valence-corrected chi connectivity index (χ1v) is 5.52.